The number of fused-ring (bicyclic) bond motifs is 1. The molecule has 1 unspecified atom stereocenters. The molecule has 2 aromatic rings. The van der Waals surface area contributed by atoms with Crippen LogP contribution in [0.2, 0.25) is 0 Å². The highest BCUT2D eigenvalue weighted by Gasteiger charge is 2.18. The van der Waals surface area contributed by atoms with Gasteiger partial charge in [-0.05, 0) is 17.5 Å². The predicted octanol–water partition coefficient (Wildman–Crippen LogP) is 0.593. The zero-order valence-electron chi connectivity index (χ0n) is 10.8. The Morgan fingerprint density at radius 3 is 2.70 bits per heavy atom. The summed E-state index contributed by atoms with van der Waals surface area (Å²) in [4.78, 5) is 22.3. The fourth-order valence-electron chi connectivity index (χ4n) is 2.01. The Balaban J connectivity index is 1.95. The van der Waals surface area contributed by atoms with Crippen LogP contribution in [-0.4, -0.2) is 39.3 Å². The van der Waals surface area contributed by atoms with E-state index in [9.17, 15) is 9.59 Å². The van der Waals surface area contributed by atoms with Crippen LogP contribution in [-0.2, 0) is 16.1 Å². The number of hydrogen-bond donors (Lipinski definition) is 3. The third kappa shape index (κ3) is 3.16. The molecule has 0 saturated carbocycles. The second kappa shape index (κ2) is 6.21. The van der Waals surface area contributed by atoms with Crippen LogP contribution in [0.5, 0.6) is 0 Å². The topological polar surface area (TPSA) is 91.6 Å². The number of nitrogens with one attached hydrogen (secondary N) is 1. The Bertz CT molecular complexity index is 620. The van der Waals surface area contributed by atoms with E-state index in [2.05, 4.69) is 5.32 Å². The average Bonchev–Trinajstić information content (AvgIpc) is 2.85. The Kier molecular flexibility index (Phi) is 4.37. The fraction of sp³-hybridized carbons (Fsp3) is 0.286. The lowest BCUT2D eigenvalue weighted by Gasteiger charge is -2.12. The number of para-hydroxylation sites is 1. The van der Waals surface area contributed by atoms with Crippen LogP contribution in [0.3, 0.4) is 0 Å². The van der Waals surface area contributed by atoms with E-state index >= 15 is 0 Å². The summed E-state index contributed by atoms with van der Waals surface area (Å²) in [6, 6.07) is 8.52. The number of rotatable bonds is 6. The number of benzene rings is 1. The molecule has 0 aliphatic heterocycles. The van der Waals surface area contributed by atoms with Crippen molar-refractivity contribution >= 4 is 22.8 Å². The number of carbonyl (C=O) groups is 2. The molecule has 0 spiro atoms. The van der Waals surface area contributed by atoms with Gasteiger partial charge in [-0.25, -0.2) is 4.79 Å². The highest BCUT2D eigenvalue weighted by Crippen LogP contribution is 2.15. The molecule has 0 radical (unpaired) electrons. The fourth-order valence-corrected chi connectivity index (χ4v) is 2.01. The smallest absolute Gasteiger partial charge is 0.328 e. The first-order chi connectivity index (χ1) is 9.61. The van der Waals surface area contributed by atoms with Gasteiger partial charge in [0.2, 0.25) is 5.91 Å². The van der Waals surface area contributed by atoms with E-state index in [-0.39, 0.29) is 6.42 Å². The molecule has 0 saturated heterocycles. The number of carbonyl (C=O) groups excluding carboxylic acids is 1. The zero-order valence-corrected chi connectivity index (χ0v) is 10.8. The summed E-state index contributed by atoms with van der Waals surface area (Å²) in [5.74, 6) is -1.64. The molecule has 20 heavy (non-hydrogen) atoms. The predicted molar refractivity (Wildman–Crippen MR) is 73.2 cm³/mol. The second-order valence-corrected chi connectivity index (χ2v) is 4.46. The van der Waals surface area contributed by atoms with Gasteiger partial charge in [0.15, 0.2) is 0 Å². The molecule has 0 aliphatic rings. The van der Waals surface area contributed by atoms with E-state index in [1.165, 1.54) is 0 Å². The quantitative estimate of drug-likeness (QED) is 0.720. The number of carboxylic acids is 1. The number of aliphatic hydroxyl groups excluding tert-OH is 1. The van der Waals surface area contributed by atoms with Crippen molar-refractivity contribution in [3.63, 3.8) is 0 Å². The van der Waals surface area contributed by atoms with E-state index in [1.807, 2.05) is 41.1 Å². The highest BCUT2D eigenvalue weighted by atomic mass is 16.4. The van der Waals surface area contributed by atoms with E-state index in [4.69, 9.17) is 10.2 Å². The monoisotopic (exact) mass is 276 g/mol. The van der Waals surface area contributed by atoms with Crippen LogP contribution in [0.25, 0.3) is 10.9 Å². The first-order valence-corrected chi connectivity index (χ1v) is 6.28. The molecule has 0 bridgehead atoms. The lowest BCUT2D eigenvalue weighted by atomic mass is 10.2. The number of hydrogen-bond acceptors (Lipinski definition) is 3. The van der Waals surface area contributed by atoms with Gasteiger partial charge in [-0.1, -0.05) is 18.2 Å². The van der Waals surface area contributed by atoms with Crippen LogP contribution in [0, 0.1) is 0 Å². The summed E-state index contributed by atoms with van der Waals surface area (Å²) in [5, 5.41) is 20.9. The molecule has 3 N–H and O–H groups in total. The summed E-state index contributed by atoms with van der Waals surface area (Å²) in [6.07, 6.45) is 2.04. The van der Waals surface area contributed by atoms with Crippen LogP contribution in [0.15, 0.2) is 36.5 Å². The number of aromatic nitrogens is 1. The van der Waals surface area contributed by atoms with Crippen LogP contribution in [0.4, 0.5) is 0 Å². The van der Waals surface area contributed by atoms with Gasteiger partial charge in [-0.2, -0.15) is 0 Å². The maximum atomic E-state index is 11.6. The van der Waals surface area contributed by atoms with Gasteiger partial charge >= 0.3 is 5.97 Å². The van der Waals surface area contributed by atoms with Crippen molar-refractivity contribution in [1.82, 2.24) is 9.88 Å². The third-order valence-corrected chi connectivity index (χ3v) is 3.08. The molecule has 0 aliphatic carbocycles. The van der Waals surface area contributed by atoms with E-state index in [0.717, 1.165) is 10.9 Å². The molecule has 6 heteroatoms. The SMILES string of the molecule is O=C(CCn1ccc2ccccc21)NC(CO)C(=O)O. The van der Waals surface area contributed by atoms with Crippen molar-refractivity contribution in [3.05, 3.63) is 36.5 Å². The minimum atomic E-state index is -1.25. The Morgan fingerprint density at radius 2 is 2.00 bits per heavy atom. The zero-order chi connectivity index (χ0) is 14.5. The van der Waals surface area contributed by atoms with Crippen molar-refractivity contribution in [3.8, 4) is 0 Å². The highest BCUT2D eigenvalue weighted by molar-refractivity contribution is 5.84. The van der Waals surface area contributed by atoms with E-state index in [0.29, 0.717) is 6.54 Å². The number of nitrogens with zero attached hydrogens (tertiary/aromatic N) is 1. The molecule has 1 aromatic heterocycles. The average molecular weight is 276 g/mol. The Hall–Kier alpha value is -2.34. The molecule has 1 atom stereocenters. The minimum Gasteiger partial charge on any atom is -0.480 e. The molecule has 1 heterocycles. The van der Waals surface area contributed by atoms with Crippen molar-refractivity contribution in [2.45, 2.75) is 19.0 Å². The summed E-state index contributed by atoms with van der Waals surface area (Å²) >= 11 is 0. The largest absolute Gasteiger partial charge is 0.480 e. The summed E-state index contributed by atoms with van der Waals surface area (Å²) in [6.45, 7) is -0.162. The number of amides is 1. The van der Waals surface area contributed by atoms with Crippen molar-refractivity contribution in [2.24, 2.45) is 0 Å². The van der Waals surface area contributed by atoms with Gasteiger partial charge in [-0.15, -0.1) is 0 Å². The molecular weight excluding hydrogens is 260 g/mol. The maximum absolute atomic E-state index is 11.6. The summed E-state index contributed by atoms with van der Waals surface area (Å²) in [5.41, 5.74) is 1.03. The van der Waals surface area contributed by atoms with Gasteiger partial charge in [0.1, 0.15) is 6.04 Å². The first kappa shape index (κ1) is 14.1. The first-order valence-electron chi connectivity index (χ1n) is 6.28. The Morgan fingerprint density at radius 1 is 1.25 bits per heavy atom. The number of aryl methyl sites for hydroxylation is 1. The molecular formula is C14H16N2O4. The van der Waals surface area contributed by atoms with Gasteiger partial charge in [0.25, 0.3) is 0 Å². The van der Waals surface area contributed by atoms with E-state index < -0.39 is 24.5 Å². The molecule has 2 rings (SSSR count). The second-order valence-electron chi connectivity index (χ2n) is 4.46. The van der Waals surface area contributed by atoms with Crippen LogP contribution >= 0.6 is 0 Å². The van der Waals surface area contributed by atoms with E-state index in [1.54, 1.807) is 0 Å². The van der Waals surface area contributed by atoms with Crippen molar-refractivity contribution in [1.29, 1.82) is 0 Å². The number of carboxylic acid groups (broad SMARTS) is 1. The molecule has 1 aromatic carbocycles. The molecule has 6 nitrogen and oxygen atoms in total. The lowest BCUT2D eigenvalue weighted by Crippen LogP contribution is -2.43. The number of aliphatic hydroxyl groups is 1. The molecule has 1 amide bonds. The van der Waals surface area contributed by atoms with Crippen molar-refractivity contribution in [2.75, 3.05) is 6.61 Å². The van der Waals surface area contributed by atoms with Gasteiger partial charge in [0, 0.05) is 24.7 Å². The van der Waals surface area contributed by atoms with Gasteiger partial charge < -0.3 is 20.1 Å². The standard InChI is InChI=1S/C14H16N2O4/c17-9-11(14(19)20)15-13(18)6-8-16-7-5-10-3-1-2-4-12(10)16/h1-5,7,11,17H,6,8-9H2,(H,15,18)(H,19,20). The maximum Gasteiger partial charge on any atom is 0.328 e. The summed E-state index contributed by atoms with van der Waals surface area (Å²) < 4.78 is 1.93. The molecule has 0 fully saturated rings. The van der Waals surface area contributed by atoms with Crippen LogP contribution in [0.1, 0.15) is 6.42 Å². The summed E-state index contributed by atoms with van der Waals surface area (Å²) in [7, 11) is 0. The minimum absolute atomic E-state index is 0.155. The van der Waals surface area contributed by atoms with Gasteiger partial charge in [-0.3, -0.25) is 4.79 Å². The Labute approximate surface area is 115 Å². The van der Waals surface area contributed by atoms with Crippen molar-refractivity contribution < 1.29 is 19.8 Å². The third-order valence-electron chi connectivity index (χ3n) is 3.08. The number of aliphatic carboxylic acids is 1. The normalized spacial score (nSPS) is 12.2. The lowest BCUT2D eigenvalue weighted by molar-refractivity contribution is -0.143. The van der Waals surface area contributed by atoms with Crippen LogP contribution < -0.4 is 5.32 Å². The molecule has 106 valence electrons. The van der Waals surface area contributed by atoms with Gasteiger partial charge in [0.05, 0.1) is 6.61 Å².